The van der Waals surface area contributed by atoms with E-state index >= 15 is 0 Å². The van der Waals surface area contributed by atoms with Crippen LogP contribution in [0.2, 0.25) is 58.9 Å². The Balaban J connectivity index is 0.895. The van der Waals surface area contributed by atoms with E-state index in [9.17, 15) is 0 Å². The molecule has 2 aliphatic rings. The number of hydrogen-bond donors (Lipinski definition) is 0. The molecule has 0 unspecified atom stereocenters. The van der Waals surface area contributed by atoms with Crippen LogP contribution in [0, 0.1) is 6.92 Å². The Kier molecular flexibility index (Phi) is 12.2. The third kappa shape index (κ3) is 9.27. The number of aryl methyl sites for hydroxylation is 5. The van der Waals surface area contributed by atoms with Crippen molar-refractivity contribution in [2.45, 2.75) is 104 Å². The molecular weight excluding hydrogens is 957 g/mol. The van der Waals surface area contributed by atoms with Crippen LogP contribution in [0.3, 0.4) is 0 Å². The number of anilines is 6. The number of rotatable bonds is 11. The van der Waals surface area contributed by atoms with Gasteiger partial charge in [0.25, 0.3) is 0 Å². The van der Waals surface area contributed by atoms with Crippen molar-refractivity contribution >= 4 is 106 Å². The normalized spacial score (nSPS) is 13.7. The molecule has 0 saturated heterocycles. The minimum absolute atomic E-state index is 1.02. The molecule has 0 fully saturated rings. The first kappa shape index (κ1) is 49.0. The predicted octanol–water partition coefficient (Wildman–Crippen LogP) is 17.1. The van der Waals surface area contributed by atoms with E-state index in [0.717, 1.165) is 88.8 Å². The summed E-state index contributed by atoms with van der Waals surface area (Å²) in [6.07, 6.45) is 6.55. The highest BCUT2D eigenvalue weighted by atomic mass is 28.3. The van der Waals surface area contributed by atoms with E-state index in [4.69, 9.17) is 9.97 Å². The first-order valence-corrected chi connectivity index (χ1v) is 37.9. The van der Waals surface area contributed by atoms with Gasteiger partial charge in [-0.25, -0.2) is 9.97 Å². The molecule has 12 rings (SSSR count). The van der Waals surface area contributed by atoms with Crippen LogP contribution >= 0.6 is 0 Å². The third-order valence-electron chi connectivity index (χ3n) is 16.2. The zero-order valence-electron chi connectivity index (χ0n) is 45.7. The van der Waals surface area contributed by atoms with Crippen LogP contribution in [0.1, 0.15) is 40.7 Å². The first-order valence-electron chi connectivity index (χ1n) is 27.4. The Morgan fingerprint density at radius 1 is 0.347 bits per heavy atom. The van der Waals surface area contributed by atoms with Gasteiger partial charge in [-0.3, -0.25) is 0 Å². The average molecular weight is 1030 g/mol. The van der Waals surface area contributed by atoms with E-state index in [-0.39, 0.29) is 0 Å². The van der Waals surface area contributed by atoms with Crippen molar-refractivity contribution in [2.24, 2.45) is 0 Å². The smallest absolute Gasteiger partial charge is 0.0775 e. The topological polar surface area (TPSA) is 32.3 Å². The molecule has 0 N–H and O–H groups in total. The van der Waals surface area contributed by atoms with Crippen molar-refractivity contribution in [1.29, 1.82) is 0 Å². The van der Waals surface area contributed by atoms with Gasteiger partial charge in [0.05, 0.1) is 46.6 Å². The second-order valence-electron chi connectivity index (χ2n) is 24.6. The lowest BCUT2D eigenvalue weighted by molar-refractivity contribution is 0.788. The second-order valence-corrected chi connectivity index (χ2v) is 39.9. The van der Waals surface area contributed by atoms with Crippen LogP contribution in [0.5, 0.6) is 0 Å². The monoisotopic (exact) mass is 1030 g/mol. The van der Waals surface area contributed by atoms with Gasteiger partial charge in [0, 0.05) is 56.0 Å². The summed E-state index contributed by atoms with van der Waals surface area (Å²) in [7, 11) is -4.34. The fourth-order valence-electron chi connectivity index (χ4n) is 12.0. The molecule has 0 amide bonds. The van der Waals surface area contributed by atoms with Crippen molar-refractivity contribution in [3.8, 4) is 22.5 Å². The van der Waals surface area contributed by atoms with Gasteiger partial charge in [-0.2, -0.15) is 0 Å². The third-order valence-corrected chi connectivity index (χ3v) is 22.4. The first-order chi connectivity index (χ1) is 35.9. The van der Waals surface area contributed by atoms with Crippen LogP contribution in [-0.4, -0.2) is 34.2 Å². The quantitative estimate of drug-likeness (QED) is 0.121. The summed E-state index contributed by atoms with van der Waals surface area (Å²) in [5.74, 6) is 0. The Bertz CT molecular complexity index is 3770. The SMILES string of the molecule is Cc1ccc(N(c2ccc([Si](C)(C)C)cc2)c2ccc3nc(-c4cc5c6c(c(-c7ccc8cc(N(c9ccc([Si](C)(C)C)cc9)c9ccc([Si](C)(C)C)cc9)ccc8n7)cc7c6c4CCC7)CCC5)ccc3c2)cc1. The van der Waals surface area contributed by atoms with Crippen LogP contribution in [0.25, 0.3) is 55.1 Å². The average Bonchev–Trinajstić information content (AvgIpc) is 3.41. The number of pyridine rings is 2. The Morgan fingerprint density at radius 3 is 1.03 bits per heavy atom. The van der Waals surface area contributed by atoms with Crippen molar-refractivity contribution in [1.82, 2.24) is 9.97 Å². The number of fused-ring (bicyclic) bond motifs is 2. The zero-order valence-corrected chi connectivity index (χ0v) is 48.7. The van der Waals surface area contributed by atoms with Crippen molar-refractivity contribution < 1.29 is 0 Å². The van der Waals surface area contributed by atoms with Crippen LogP contribution < -0.4 is 25.4 Å². The van der Waals surface area contributed by atoms with E-state index in [1.54, 1.807) is 0 Å². The van der Waals surface area contributed by atoms with Crippen LogP contribution in [0.15, 0.2) is 170 Å². The lowest BCUT2D eigenvalue weighted by atomic mass is 9.76. The van der Waals surface area contributed by atoms with Gasteiger partial charge in [-0.15, -0.1) is 0 Å². The molecule has 8 aromatic carbocycles. The molecule has 4 nitrogen and oxygen atoms in total. The maximum atomic E-state index is 5.49. The number of benzene rings is 8. The molecule has 2 heterocycles. The van der Waals surface area contributed by atoms with Gasteiger partial charge in [0.2, 0.25) is 0 Å². The Labute approximate surface area is 448 Å². The molecule has 2 aliphatic carbocycles. The molecule has 374 valence electrons. The minimum atomic E-state index is -1.45. The number of hydrogen-bond acceptors (Lipinski definition) is 4. The van der Waals surface area contributed by atoms with Gasteiger partial charge in [0.1, 0.15) is 0 Å². The molecule has 10 aromatic rings. The summed E-state index contributed by atoms with van der Waals surface area (Å²) in [4.78, 5) is 15.8. The fraction of sp³-hybridized carbons (Fsp3) is 0.235. The minimum Gasteiger partial charge on any atom is -0.310 e. The van der Waals surface area contributed by atoms with Crippen LogP contribution in [-0.2, 0) is 25.7 Å². The molecule has 0 bridgehead atoms. The summed E-state index contributed by atoms with van der Waals surface area (Å²) in [5.41, 5.74) is 20.9. The summed E-state index contributed by atoms with van der Waals surface area (Å²) in [6, 6.07) is 64.6. The van der Waals surface area contributed by atoms with Gasteiger partial charge in [-0.05, 0) is 188 Å². The van der Waals surface area contributed by atoms with Gasteiger partial charge in [-0.1, -0.05) is 141 Å². The molecule has 75 heavy (non-hydrogen) atoms. The van der Waals surface area contributed by atoms with E-state index in [2.05, 4.69) is 246 Å². The Hall–Kier alpha value is -6.91. The summed E-state index contributed by atoms with van der Waals surface area (Å²) < 4.78 is 0. The summed E-state index contributed by atoms with van der Waals surface area (Å²) in [5, 5.41) is 9.67. The molecule has 0 saturated carbocycles. The lowest BCUT2D eigenvalue weighted by Crippen LogP contribution is -2.37. The predicted molar refractivity (Wildman–Crippen MR) is 333 cm³/mol. The molecule has 0 aliphatic heterocycles. The molecule has 2 aromatic heterocycles. The van der Waals surface area contributed by atoms with Crippen LogP contribution in [0.4, 0.5) is 34.1 Å². The lowest BCUT2D eigenvalue weighted by Gasteiger charge is -2.29. The summed E-state index contributed by atoms with van der Waals surface area (Å²) in [6.45, 7) is 23.9. The molecule has 0 spiro atoms. The fourth-order valence-corrected chi connectivity index (χ4v) is 15.5. The van der Waals surface area contributed by atoms with E-state index in [1.165, 1.54) is 82.3 Å². The number of aromatic nitrogens is 2. The highest BCUT2D eigenvalue weighted by molar-refractivity contribution is 6.89. The molecule has 7 heteroatoms. The maximum Gasteiger partial charge on any atom is 0.0775 e. The van der Waals surface area contributed by atoms with Crippen molar-refractivity contribution in [2.75, 3.05) is 9.80 Å². The van der Waals surface area contributed by atoms with E-state index in [0.29, 0.717) is 0 Å². The Morgan fingerprint density at radius 2 is 0.680 bits per heavy atom. The van der Waals surface area contributed by atoms with Gasteiger partial charge < -0.3 is 9.80 Å². The van der Waals surface area contributed by atoms with E-state index in [1.807, 2.05) is 0 Å². The zero-order chi connectivity index (χ0) is 52.0. The molecule has 0 atom stereocenters. The van der Waals surface area contributed by atoms with Gasteiger partial charge >= 0.3 is 0 Å². The summed E-state index contributed by atoms with van der Waals surface area (Å²) >= 11 is 0. The van der Waals surface area contributed by atoms with Crippen molar-refractivity contribution in [3.63, 3.8) is 0 Å². The number of nitrogens with zero attached hydrogens (tertiary/aromatic N) is 4. The highest BCUT2D eigenvalue weighted by Crippen LogP contribution is 2.47. The van der Waals surface area contributed by atoms with Crippen molar-refractivity contribution in [3.05, 3.63) is 198 Å². The van der Waals surface area contributed by atoms with E-state index < -0.39 is 24.2 Å². The maximum absolute atomic E-state index is 5.49. The standard InChI is InChI=1S/C68H70N4Si3/c1-45-17-21-50(22-18-45)71(51-23-31-56(32-24-51)73(2,3)4)54-29-39-63-46(41-54)19-37-65(69-63)61-43-48-13-12-16-60-62(44-49-14-11-15-59(61)67(49)68(48)60)66-38-20-47-42-55(30-40-64(47)70-66)72(52-25-33-57(34-26-52)74(5,6)7)53-27-35-58(36-28-53)75(8,9)10/h17-44H,11-16H2,1-10H3. The van der Waals surface area contributed by atoms with Gasteiger partial charge in [0.15, 0.2) is 0 Å². The largest absolute Gasteiger partial charge is 0.310 e. The second kappa shape index (κ2) is 18.7. The highest BCUT2D eigenvalue weighted by Gasteiger charge is 2.28. The molecular formula is C68H70N4Si3. The molecule has 0 radical (unpaired) electrons.